The lowest BCUT2D eigenvalue weighted by molar-refractivity contribution is -0.140. The zero-order valence-electron chi connectivity index (χ0n) is 18.4. The van der Waals surface area contributed by atoms with E-state index in [0.717, 1.165) is 19.3 Å². The molecule has 0 saturated heterocycles. The summed E-state index contributed by atoms with van der Waals surface area (Å²) in [4.78, 5) is 34.8. The Kier molecular flexibility index (Phi) is 18.5. The van der Waals surface area contributed by atoms with E-state index in [-0.39, 0.29) is 37.4 Å². The van der Waals surface area contributed by atoms with E-state index in [9.17, 15) is 14.4 Å². The summed E-state index contributed by atoms with van der Waals surface area (Å²) in [6.45, 7) is 4.47. The number of ether oxygens (including phenoxy) is 2. The van der Waals surface area contributed by atoms with Gasteiger partial charge in [0.05, 0.1) is 26.9 Å². The Balaban J connectivity index is 3.90. The highest BCUT2D eigenvalue weighted by atomic mass is 16.5. The molecule has 0 radical (unpaired) electrons. The average molecular weight is 437 g/mol. The van der Waals surface area contributed by atoms with E-state index in [1.807, 2.05) is 6.08 Å². The molecule has 0 saturated carbocycles. The van der Waals surface area contributed by atoms with Gasteiger partial charge >= 0.3 is 5.97 Å². The molecule has 0 aromatic heterocycles. The fourth-order valence-electron chi connectivity index (χ4n) is 2.34. The average Bonchev–Trinajstić information content (AvgIpc) is 2.77. The molecule has 0 aromatic carbocycles. The molecule has 0 unspecified atom stereocenters. The van der Waals surface area contributed by atoms with Crippen molar-refractivity contribution in [1.82, 2.24) is 10.6 Å². The van der Waals surface area contributed by atoms with Crippen LogP contribution in [-0.4, -0.2) is 56.3 Å². The molecule has 0 spiro atoms. The fourth-order valence-corrected chi connectivity index (χ4v) is 2.34. The van der Waals surface area contributed by atoms with Crippen molar-refractivity contribution in [1.29, 1.82) is 0 Å². The molecule has 31 heavy (non-hydrogen) atoms. The number of carbonyl (C=O) groups is 3. The van der Waals surface area contributed by atoms with Gasteiger partial charge in [-0.2, -0.15) is 0 Å². The van der Waals surface area contributed by atoms with Gasteiger partial charge in [-0.05, 0) is 38.2 Å². The van der Waals surface area contributed by atoms with Gasteiger partial charge in [0.2, 0.25) is 11.8 Å². The first-order chi connectivity index (χ1) is 15.0. The number of hydrogen-bond acceptors (Lipinski definition) is 6. The van der Waals surface area contributed by atoms with Crippen LogP contribution in [0.2, 0.25) is 0 Å². The lowest BCUT2D eigenvalue weighted by Gasteiger charge is -2.10. The van der Waals surface area contributed by atoms with Gasteiger partial charge in [-0.15, -0.1) is 0 Å². The number of rotatable bonds is 18. The van der Waals surface area contributed by atoms with E-state index in [2.05, 4.69) is 21.9 Å². The van der Waals surface area contributed by atoms with Crippen LogP contribution >= 0.6 is 0 Å². The normalized spacial score (nSPS) is 11.5. The van der Waals surface area contributed by atoms with Crippen LogP contribution in [0.1, 0.15) is 44.9 Å². The number of amides is 2. The van der Waals surface area contributed by atoms with Crippen LogP contribution < -0.4 is 10.6 Å². The SMILES string of the molecule is C=C/C=C/CCC(=O)NCC(=O)NCCCCCO/C(=C/C/C=C\CO)CC(=O)OC. The van der Waals surface area contributed by atoms with Crippen LogP contribution in [0.15, 0.2) is 48.8 Å². The summed E-state index contributed by atoms with van der Waals surface area (Å²) in [5, 5.41) is 14.1. The second-order valence-corrected chi connectivity index (χ2v) is 6.55. The fraction of sp³-hybridized carbons (Fsp3) is 0.522. The van der Waals surface area contributed by atoms with Crippen LogP contribution in [0.4, 0.5) is 0 Å². The van der Waals surface area contributed by atoms with Gasteiger partial charge in [0.25, 0.3) is 0 Å². The predicted octanol–water partition coefficient (Wildman–Crippen LogP) is 2.31. The lowest BCUT2D eigenvalue weighted by Crippen LogP contribution is -2.37. The van der Waals surface area contributed by atoms with Crippen LogP contribution in [-0.2, 0) is 23.9 Å². The number of allylic oxidation sites excluding steroid dienone is 5. The van der Waals surface area contributed by atoms with Crippen molar-refractivity contribution in [3.05, 3.63) is 48.8 Å². The predicted molar refractivity (Wildman–Crippen MR) is 120 cm³/mol. The lowest BCUT2D eigenvalue weighted by atomic mass is 10.2. The molecule has 0 aliphatic rings. The summed E-state index contributed by atoms with van der Waals surface area (Å²) >= 11 is 0. The van der Waals surface area contributed by atoms with Crippen molar-refractivity contribution in [2.45, 2.75) is 44.9 Å². The Bertz CT molecular complexity index is 626. The molecular weight excluding hydrogens is 400 g/mol. The first kappa shape index (κ1) is 28.1. The molecule has 0 bridgehead atoms. The molecule has 0 aliphatic carbocycles. The first-order valence-corrected chi connectivity index (χ1v) is 10.5. The van der Waals surface area contributed by atoms with E-state index in [1.165, 1.54) is 7.11 Å². The minimum Gasteiger partial charge on any atom is -0.498 e. The van der Waals surface area contributed by atoms with Gasteiger partial charge in [-0.25, -0.2) is 0 Å². The minimum atomic E-state index is -0.375. The van der Waals surface area contributed by atoms with Crippen molar-refractivity contribution in [3.63, 3.8) is 0 Å². The Morgan fingerprint density at radius 2 is 1.84 bits per heavy atom. The summed E-state index contributed by atoms with van der Waals surface area (Å²) in [5.41, 5.74) is 0. The monoisotopic (exact) mass is 436 g/mol. The van der Waals surface area contributed by atoms with E-state index in [4.69, 9.17) is 9.84 Å². The Morgan fingerprint density at radius 3 is 2.55 bits per heavy atom. The zero-order chi connectivity index (χ0) is 23.2. The van der Waals surface area contributed by atoms with Crippen molar-refractivity contribution in [3.8, 4) is 0 Å². The van der Waals surface area contributed by atoms with E-state index < -0.39 is 0 Å². The Labute approximate surface area is 185 Å². The number of unbranched alkanes of at least 4 members (excludes halogenated alkanes) is 2. The first-order valence-electron chi connectivity index (χ1n) is 10.5. The molecule has 0 heterocycles. The maximum Gasteiger partial charge on any atom is 0.313 e. The molecule has 0 rings (SSSR count). The highest BCUT2D eigenvalue weighted by Crippen LogP contribution is 2.09. The minimum absolute atomic E-state index is 0.0282. The van der Waals surface area contributed by atoms with E-state index in [0.29, 0.717) is 38.2 Å². The summed E-state index contributed by atoms with van der Waals surface area (Å²) in [6, 6.07) is 0. The second kappa shape index (κ2) is 20.4. The largest absolute Gasteiger partial charge is 0.498 e. The zero-order valence-corrected chi connectivity index (χ0v) is 18.4. The number of hydrogen-bond donors (Lipinski definition) is 3. The topological polar surface area (TPSA) is 114 Å². The third-order valence-corrected chi connectivity index (χ3v) is 3.99. The van der Waals surface area contributed by atoms with Gasteiger partial charge in [-0.1, -0.05) is 37.0 Å². The molecule has 3 N–H and O–H groups in total. The van der Waals surface area contributed by atoms with Crippen LogP contribution in [0.5, 0.6) is 0 Å². The molecule has 174 valence electrons. The van der Waals surface area contributed by atoms with Gasteiger partial charge < -0.3 is 25.2 Å². The Hall–Kier alpha value is -2.87. The van der Waals surface area contributed by atoms with Crippen LogP contribution in [0, 0.1) is 0 Å². The number of nitrogens with one attached hydrogen (secondary N) is 2. The summed E-state index contributed by atoms with van der Waals surface area (Å²) < 4.78 is 10.3. The van der Waals surface area contributed by atoms with Crippen molar-refractivity contribution in [2.75, 3.05) is 33.4 Å². The van der Waals surface area contributed by atoms with Gasteiger partial charge in [0.1, 0.15) is 12.2 Å². The number of methoxy groups -OCH3 is 1. The van der Waals surface area contributed by atoms with Crippen LogP contribution in [0.25, 0.3) is 0 Å². The molecular formula is C23H36N2O6. The van der Waals surface area contributed by atoms with Crippen LogP contribution in [0.3, 0.4) is 0 Å². The second-order valence-electron chi connectivity index (χ2n) is 6.55. The maximum absolute atomic E-state index is 11.7. The molecule has 0 aliphatic heterocycles. The highest BCUT2D eigenvalue weighted by Gasteiger charge is 2.07. The smallest absolute Gasteiger partial charge is 0.313 e. The third kappa shape index (κ3) is 18.9. The Morgan fingerprint density at radius 1 is 1.03 bits per heavy atom. The van der Waals surface area contributed by atoms with E-state index >= 15 is 0 Å². The van der Waals surface area contributed by atoms with Gasteiger partial charge in [0, 0.05) is 13.0 Å². The summed E-state index contributed by atoms with van der Waals surface area (Å²) in [7, 11) is 1.33. The number of carbonyl (C=O) groups excluding carboxylic acids is 3. The molecule has 0 aromatic rings. The highest BCUT2D eigenvalue weighted by molar-refractivity contribution is 5.84. The molecule has 8 nitrogen and oxygen atoms in total. The molecule has 0 atom stereocenters. The van der Waals surface area contributed by atoms with Gasteiger partial charge in [0.15, 0.2) is 0 Å². The number of aliphatic hydroxyl groups is 1. The van der Waals surface area contributed by atoms with Crippen molar-refractivity contribution < 1.29 is 29.0 Å². The number of esters is 1. The summed E-state index contributed by atoms with van der Waals surface area (Å²) in [5.74, 6) is -0.215. The molecule has 2 amide bonds. The number of aliphatic hydroxyl groups excluding tert-OH is 1. The van der Waals surface area contributed by atoms with Crippen molar-refractivity contribution >= 4 is 17.8 Å². The van der Waals surface area contributed by atoms with Crippen molar-refractivity contribution in [2.24, 2.45) is 0 Å². The molecule has 8 heteroatoms. The molecule has 0 fully saturated rings. The maximum atomic E-state index is 11.7. The van der Waals surface area contributed by atoms with E-state index in [1.54, 1.807) is 30.4 Å². The standard InChI is InChI=1S/C23H36N2O6/c1-3-4-5-9-14-21(27)25-19-22(28)24-15-10-7-12-17-31-20(18-23(29)30-2)13-8-6-11-16-26/h3-6,11,13,26H,1,7-10,12,14-19H2,2H3,(H,24,28)(H,25,27)/b5-4+,11-6-,20-13+. The summed E-state index contributed by atoms with van der Waals surface area (Å²) in [6.07, 6.45) is 14.4. The van der Waals surface area contributed by atoms with Gasteiger partial charge in [-0.3, -0.25) is 14.4 Å². The quantitative estimate of drug-likeness (QED) is 0.0999. The third-order valence-electron chi connectivity index (χ3n) is 3.99.